The van der Waals surface area contributed by atoms with Crippen molar-refractivity contribution in [1.82, 2.24) is 0 Å². The van der Waals surface area contributed by atoms with Gasteiger partial charge in [-0.25, -0.2) is 0 Å². The van der Waals surface area contributed by atoms with E-state index in [1.165, 1.54) is 6.07 Å². The minimum Gasteiger partial charge on any atom is -0.508 e. The van der Waals surface area contributed by atoms with Crippen LogP contribution >= 0.6 is 0 Å². The molecule has 4 heteroatoms. The van der Waals surface area contributed by atoms with E-state index in [0.717, 1.165) is 0 Å². The molecule has 0 aliphatic rings. The zero-order valence-corrected chi connectivity index (χ0v) is 9.41. The topological polar surface area (TPSA) is 66.5 Å². The average molecular weight is 337 g/mol. The molecule has 0 aromatic heterocycles. The minimum atomic E-state index is -0.679. The van der Waals surface area contributed by atoms with Crippen molar-refractivity contribution >= 4 is 0 Å². The van der Waals surface area contributed by atoms with Crippen molar-refractivity contribution in [1.29, 1.82) is 0 Å². The number of aromatic hydroxyl groups is 1. The van der Waals surface area contributed by atoms with Gasteiger partial charge in [0.05, 0.1) is 6.10 Å². The SMILES string of the molecule is NC[C@H](O)c1cccc(O)c1.[W]. The second-order valence-corrected chi connectivity index (χ2v) is 2.35. The third kappa shape index (κ3) is 2.93. The fraction of sp³-hybridized carbons (Fsp3) is 0.250. The summed E-state index contributed by atoms with van der Waals surface area (Å²) in [5.74, 6) is 0.148. The van der Waals surface area contributed by atoms with Crippen LogP contribution < -0.4 is 5.73 Å². The number of aliphatic hydroxyl groups excluding tert-OH is 1. The molecule has 0 unspecified atom stereocenters. The zero-order chi connectivity index (χ0) is 8.27. The summed E-state index contributed by atoms with van der Waals surface area (Å²) >= 11 is 0. The molecule has 0 radical (unpaired) electrons. The van der Waals surface area contributed by atoms with Gasteiger partial charge < -0.3 is 15.9 Å². The summed E-state index contributed by atoms with van der Waals surface area (Å²) in [5.41, 5.74) is 5.87. The van der Waals surface area contributed by atoms with Gasteiger partial charge in [0.15, 0.2) is 0 Å². The Labute approximate surface area is 85.5 Å². The molecule has 3 nitrogen and oxygen atoms in total. The van der Waals surface area contributed by atoms with Crippen molar-refractivity contribution in [2.24, 2.45) is 5.73 Å². The maximum Gasteiger partial charge on any atom is 0.115 e. The molecule has 0 fully saturated rings. The van der Waals surface area contributed by atoms with Crippen LogP contribution in [-0.4, -0.2) is 16.8 Å². The van der Waals surface area contributed by atoms with Gasteiger partial charge in [0.25, 0.3) is 0 Å². The summed E-state index contributed by atoms with van der Waals surface area (Å²) in [7, 11) is 0. The molecule has 0 aliphatic heterocycles. The van der Waals surface area contributed by atoms with Crippen LogP contribution in [0.3, 0.4) is 0 Å². The van der Waals surface area contributed by atoms with Gasteiger partial charge in [-0.05, 0) is 17.7 Å². The summed E-state index contributed by atoms with van der Waals surface area (Å²) in [6.45, 7) is 0.170. The first-order valence-electron chi connectivity index (χ1n) is 3.41. The first-order valence-corrected chi connectivity index (χ1v) is 3.41. The van der Waals surface area contributed by atoms with E-state index in [-0.39, 0.29) is 33.4 Å². The van der Waals surface area contributed by atoms with Gasteiger partial charge in [-0.2, -0.15) is 0 Å². The van der Waals surface area contributed by atoms with Crippen LogP contribution in [0.5, 0.6) is 5.75 Å². The Morgan fingerprint density at radius 2 is 2.08 bits per heavy atom. The van der Waals surface area contributed by atoms with Crippen LogP contribution in [0.1, 0.15) is 11.7 Å². The number of aliphatic hydroxyl groups is 1. The molecule has 1 rings (SSSR count). The van der Waals surface area contributed by atoms with Crippen molar-refractivity contribution in [3.05, 3.63) is 29.8 Å². The second-order valence-electron chi connectivity index (χ2n) is 2.35. The normalized spacial score (nSPS) is 11.8. The molecule has 0 bridgehead atoms. The molecule has 0 aliphatic carbocycles. The summed E-state index contributed by atoms with van der Waals surface area (Å²) in [4.78, 5) is 0. The number of phenols is 1. The van der Waals surface area contributed by atoms with E-state index in [1.807, 2.05) is 0 Å². The Hall–Kier alpha value is -0.372. The predicted molar refractivity (Wildman–Crippen MR) is 42.1 cm³/mol. The van der Waals surface area contributed by atoms with Crippen molar-refractivity contribution in [3.63, 3.8) is 0 Å². The van der Waals surface area contributed by atoms with E-state index in [1.54, 1.807) is 18.2 Å². The van der Waals surface area contributed by atoms with Gasteiger partial charge in [0.2, 0.25) is 0 Å². The number of benzene rings is 1. The fourth-order valence-corrected chi connectivity index (χ4v) is 0.868. The third-order valence-electron chi connectivity index (χ3n) is 1.48. The number of hydrogen-bond donors (Lipinski definition) is 3. The summed E-state index contributed by atoms with van der Waals surface area (Å²) in [6, 6.07) is 6.44. The summed E-state index contributed by atoms with van der Waals surface area (Å²) in [6.07, 6.45) is -0.679. The Bertz CT molecular complexity index is 242. The first kappa shape index (κ1) is 11.6. The molecular weight excluding hydrogens is 326 g/mol. The Balaban J connectivity index is 0.00000121. The van der Waals surface area contributed by atoms with E-state index >= 15 is 0 Å². The maximum absolute atomic E-state index is 9.22. The molecule has 0 spiro atoms. The van der Waals surface area contributed by atoms with E-state index in [4.69, 9.17) is 10.8 Å². The largest absolute Gasteiger partial charge is 0.508 e. The van der Waals surface area contributed by atoms with Crippen LogP contribution in [0, 0.1) is 0 Å². The van der Waals surface area contributed by atoms with Gasteiger partial charge in [0, 0.05) is 27.6 Å². The monoisotopic (exact) mass is 337 g/mol. The van der Waals surface area contributed by atoms with Crippen molar-refractivity contribution in [2.45, 2.75) is 6.10 Å². The van der Waals surface area contributed by atoms with Crippen molar-refractivity contribution < 1.29 is 31.3 Å². The van der Waals surface area contributed by atoms with Crippen LogP contribution in [-0.2, 0) is 21.1 Å². The quantitative estimate of drug-likeness (QED) is 0.731. The Morgan fingerprint density at radius 3 is 2.58 bits per heavy atom. The third-order valence-corrected chi connectivity index (χ3v) is 1.48. The average Bonchev–Trinajstić information content (AvgIpc) is 2.03. The number of rotatable bonds is 2. The number of nitrogens with two attached hydrogens (primary N) is 1. The fourth-order valence-electron chi connectivity index (χ4n) is 0.868. The van der Waals surface area contributed by atoms with Gasteiger partial charge in [-0.15, -0.1) is 0 Å². The summed E-state index contributed by atoms with van der Waals surface area (Å²) in [5, 5.41) is 18.2. The van der Waals surface area contributed by atoms with Gasteiger partial charge >= 0.3 is 0 Å². The van der Waals surface area contributed by atoms with E-state index in [0.29, 0.717) is 5.56 Å². The maximum atomic E-state index is 9.22. The molecule has 0 saturated carbocycles. The van der Waals surface area contributed by atoms with E-state index in [9.17, 15) is 5.11 Å². The second kappa shape index (κ2) is 5.30. The molecule has 0 amide bonds. The van der Waals surface area contributed by atoms with Crippen LogP contribution in [0.2, 0.25) is 0 Å². The Kier molecular flexibility index (Phi) is 5.14. The molecule has 66 valence electrons. The van der Waals surface area contributed by atoms with Crippen LogP contribution in [0.15, 0.2) is 24.3 Å². The zero-order valence-electron chi connectivity index (χ0n) is 6.47. The molecule has 4 N–H and O–H groups in total. The van der Waals surface area contributed by atoms with Crippen molar-refractivity contribution in [2.75, 3.05) is 6.54 Å². The Morgan fingerprint density at radius 1 is 1.42 bits per heavy atom. The minimum absolute atomic E-state index is 0. The summed E-state index contributed by atoms with van der Waals surface area (Å²) < 4.78 is 0. The van der Waals surface area contributed by atoms with Gasteiger partial charge in [-0.3, -0.25) is 0 Å². The van der Waals surface area contributed by atoms with Gasteiger partial charge in [0.1, 0.15) is 5.75 Å². The molecule has 12 heavy (non-hydrogen) atoms. The number of hydrogen-bond acceptors (Lipinski definition) is 3. The molecule has 0 heterocycles. The standard InChI is InChI=1S/C8H11NO2.W/c9-5-8(11)6-2-1-3-7(10)4-6;/h1-4,8,10-11H,5,9H2;/t8-;/m0./s1. The predicted octanol–water partition coefficient (Wildman–Crippen LogP) is 0.382. The molecular formula is C8H11NO2W. The van der Waals surface area contributed by atoms with Gasteiger partial charge in [-0.1, -0.05) is 12.1 Å². The smallest absolute Gasteiger partial charge is 0.115 e. The van der Waals surface area contributed by atoms with Crippen LogP contribution in [0.25, 0.3) is 0 Å². The molecule has 1 aromatic rings. The van der Waals surface area contributed by atoms with E-state index < -0.39 is 6.10 Å². The molecule has 1 aromatic carbocycles. The first-order chi connectivity index (χ1) is 5.24. The van der Waals surface area contributed by atoms with Crippen LogP contribution in [0.4, 0.5) is 0 Å². The number of phenolic OH excluding ortho intramolecular Hbond substituents is 1. The van der Waals surface area contributed by atoms with E-state index in [2.05, 4.69) is 0 Å². The molecule has 1 atom stereocenters. The van der Waals surface area contributed by atoms with Crippen molar-refractivity contribution in [3.8, 4) is 5.75 Å². The molecule has 0 saturated heterocycles.